The van der Waals surface area contributed by atoms with Crippen LogP contribution in [0, 0.1) is 5.82 Å². The van der Waals surface area contributed by atoms with Gasteiger partial charge in [0, 0.05) is 6.54 Å². The lowest BCUT2D eigenvalue weighted by atomic mass is 10.1. The smallest absolute Gasteiger partial charge is 0.254 e. The van der Waals surface area contributed by atoms with E-state index in [4.69, 9.17) is 0 Å². The van der Waals surface area contributed by atoms with Gasteiger partial charge in [-0.15, -0.1) is 0 Å². The summed E-state index contributed by atoms with van der Waals surface area (Å²) in [5, 5.41) is 6.76. The van der Waals surface area contributed by atoms with Gasteiger partial charge in [0.25, 0.3) is 5.91 Å². The lowest BCUT2D eigenvalue weighted by Gasteiger charge is -2.07. The minimum Gasteiger partial charge on any atom is -0.348 e. The molecule has 0 aliphatic carbocycles. The predicted octanol–water partition coefficient (Wildman–Crippen LogP) is 2.40. The summed E-state index contributed by atoms with van der Waals surface area (Å²) in [4.78, 5) is 15.8. The molecule has 0 spiro atoms. The number of nitrogens with one attached hydrogen (secondary N) is 1. The maximum atomic E-state index is 13.5. The molecule has 6 heteroatoms. The Morgan fingerprint density at radius 3 is 2.52 bits per heavy atom. The molecule has 0 fully saturated rings. The van der Waals surface area contributed by atoms with Crippen molar-refractivity contribution in [1.29, 1.82) is 0 Å². The number of nitrogens with zero attached hydrogens (tertiary/aromatic N) is 3. The van der Waals surface area contributed by atoms with Crippen LogP contribution >= 0.6 is 0 Å². The molecule has 3 rings (SSSR count). The van der Waals surface area contributed by atoms with Crippen molar-refractivity contribution in [3.05, 3.63) is 83.7 Å². The van der Waals surface area contributed by atoms with E-state index in [9.17, 15) is 9.18 Å². The third kappa shape index (κ3) is 3.79. The molecule has 1 aromatic heterocycles. The largest absolute Gasteiger partial charge is 0.348 e. The molecule has 0 aliphatic heterocycles. The van der Waals surface area contributed by atoms with Crippen molar-refractivity contribution in [1.82, 2.24) is 20.1 Å². The van der Waals surface area contributed by atoms with Crippen LogP contribution in [0.1, 0.15) is 21.5 Å². The van der Waals surface area contributed by atoms with Crippen LogP contribution in [0.2, 0.25) is 0 Å². The van der Waals surface area contributed by atoms with E-state index in [0.29, 0.717) is 13.1 Å². The highest BCUT2D eigenvalue weighted by Gasteiger charge is 2.09. The van der Waals surface area contributed by atoms with Crippen molar-refractivity contribution in [3.63, 3.8) is 0 Å². The van der Waals surface area contributed by atoms with Gasteiger partial charge >= 0.3 is 0 Å². The van der Waals surface area contributed by atoms with Gasteiger partial charge in [-0.3, -0.25) is 4.79 Å². The normalized spacial score (nSPS) is 10.5. The van der Waals surface area contributed by atoms with Gasteiger partial charge in [0.1, 0.15) is 18.5 Å². The number of aromatic nitrogens is 3. The summed E-state index contributed by atoms with van der Waals surface area (Å²) in [6.07, 6.45) is 3.15. The Morgan fingerprint density at radius 2 is 1.83 bits per heavy atom. The summed E-state index contributed by atoms with van der Waals surface area (Å²) in [6, 6.07) is 13.7. The Balaban J connectivity index is 1.58. The third-order valence-corrected chi connectivity index (χ3v) is 3.41. The van der Waals surface area contributed by atoms with Gasteiger partial charge in [0.2, 0.25) is 0 Å². The lowest BCUT2D eigenvalue weighted by Crippen LogP contribution is -2.23. The van der Waals surface area contributed by atoms with Gasteiger partial charge in [-0.25, -0.2) is 14.1 Å². The molecule has 0 unspecified atom stereocenters. The molecule has 0 atom stereocenters. The van der Waals surface area contributed by atoms with Crippen LogP contribution < -0.4 is 5.32 Å². The van der Waals surface area contributed by atoms with Crippen LogP contribution in [0.5, 0.6) is 0 Å². The van der Waals surface area contributed by atoms with Crippen LogP contribution in [0.4, 0.5) is 4.39 Å². The molecule has 1 heterocycles. The second kappa shape index (κ2) is 6.83. The first-order valence-corrected chi connectivity index (χ1v) is 7.15. The Hall–Kier alpha value is -3.02. The lowest BCUT2D eigenvalue weighted by molar-refractivity contribution is 0.0947. The number of halogens is 1. The monoisotopic (exact) mass is 310 g/mol. The molecule has 0 aliphatic rings. The van der Waals surface area contributed by atoms with Crippen LogP contribution in [0.25, 0.3) is 0 Å². The fraction of sp³-hybridized carbons (Fsp3) is 0.118. The fourth-order valence-electron chi connectivity index (χ4n) is 2.19. The van der Waals surface area contributed by atoms with Crippen molar-refractivity contribution in [2.75, 3.05) is 0 Å². The van der Waals surface area contributed by atoms with E-state index in [1.54, 1.807) is 23.1 Å². The highest BCUT2D eigenvalue weighted by Crippen LogP contribution is 2.08. The third-order valence-electron chi connectivity index (χ3n) is 3.41. The van der Waals surface area contributed by atoms with Crippen molar-refractivity contribution in [2.24, 2.45) is 0 Å². The number of carbonyl (C=O) groups is 1. The van der Waals surface area contributed by atoms with Gasteiger partial charge in [-0.05, 0) is 23.3 Å². The van der Waals surface area contributed by atoms with E-state index in [1.807, 2.05) is 24.3 Å². The molecule has 5 nitrogen and oxygen atoms in total. The van der Waals surface area contributed by atoms with Crippen LogP contribution in [0.3, 0.4) is 0 Å². The molecule has 1 amide bonds. The van der Waals surface area contributed by atoms with E-state index >= 15 is 0 Å². The molecule has 23 heavy (non-hydrogen) atoms. The quantitative estimate of drug-likeness (QED) is 0.787. The van der Waals surface area contributed by atoms with Crippen LogP contribution in [-0.4, -0.2) is 20.7 Å². The zero-order chi connectivity index (χ0) is 16.1. The molecule has 0 saturated heterocycles. The Morgan fingerprint density at radius 1 is 1.09 bits per heavy atom. The highest BCUT2D eigenvalue weighted by molar-refractivity contribution is 5.94. The minimum absolute atomic E-state index is 0.0512. The van der Waals surface area contributed by atoms with E-state index in [0.717, 1.165) is 11.1 Å². The van der Waals surface area contributed by atoms with E-state index in [1.165, 1.54) is 18.5 Å². The maximum Gasteiger partial charge on any atom is 0.254 e. The number of hydrogen-bond acceptors (Lipinski definition) is 3. The van der Waals surface area contributed by atoms with Crippen molar-refractivity contribution < 1.29 is 9.18 Å². The van der Waals surface area contributed by atoms with Crippen molar-refractivity contribution >= 4 is 5.91 Å². The van der Waals surface area contributed by atoms with E-state index < -0.39 is 11.7 Å². The number of carbonyl (C=O) groups excluding carboxylic acids is 1. The average molecular weight is 310 g/mol. The average Bonchev–Trinajstić information content (AvgIpc) is 3.07. The van der Waals surface area contributed by atoms with Crippen LogP contribution in [0.15, 0.2) is 61.2 Å². The second-order valence-corrected chi connectivity index (χ2v) is 5.07. The number of benzene rings is 2. The zero-order valence-corrected chi connectivity index (χ0v) is 12.3. The Kier molecular flexibility index (Phi) is 4.42. The maximum absolute atomic E-state index is 13.5. The topological polar surface area (TPSA) is 59.8 Å². The first kappa shape index (κ1) is 14.9. The number of hydrogen-bond donors (Lipinski definition) is 1. The molecule has 116 valence electrons. The standard InChI is InChI=1S/C17H15FN4O/c18-16-4-2-1-3-15(16)17(23)20-9-13-5-7-14(8-6-13)10-22-12-19-11-21-22/h1-8,11-12H,9-10H2,(H,20,23). The SMILES string of the molecule is O=C(NCc1ccc(Cn2cncn2)cc1)c1ccccc1F. The molecule has 0 bridgehead atoms. The summed E-state index contributed by atoms with van der Waals surface area (Å²) in [6.45, 7) is 0.985. The van der Waals surface area contributed by atoms with Gasteiger partial charge in [-0.1, -0.05) is 36.4 Å². The number of rotatable bonds is 5. The van der Waals surface area contributed by atoms with Crippen molar-refractivity contribution in [2.45, 2.75) is 13.1 Å². The first-order chi connectivity index (χ1) is 11.2. The summed E-state index contributed by atoms with van der Waals surface area (Å²) in [5.41, 5.74) is 2.08. The fourth-order valence-corrected chi connectivity index (χ4v) is 2.19. The van der Waals surface area contributed by atoms with Gasteiger partial charge in [0.05, 0.1) is 12.1 Å². The molecule has 2 aromatic carbocycles. The molecule has 1 N–H and O–H groups in total. The molecular weight excluding hydrogens is 295 g/mol. The Bertz CT molecular complexity index is 785. The minimum atomic E-state index is -0.520. The zero-order valence-electron chi connectivity index (χ0n) is 12.3. The Labute approximate surface area is 132 Å². The summed E-state index contributed by atoms with van der Waals surface area (Å²) in [7, 11) is 0. The summed E-state index contributed by atoms with van der Waals surface area (Å²) < 4.78 is 15.3. The molecule has 0 saturated carbocycles. The van der Waals surface area contributed by atoms with Gasteiger partial charge < -0.3 is 5.32 Å². The van der Waals surface area contributed by atoms with Gasteiger partial charge in [0.15, 0.2) is 0 Å². The molecular formula is C17H15FN4O. The summed E-state index contributed by atoms with van der Waals surface area (Å²) >= 11 is 0. The molecule has 3 aromatic rings. The predicted molar refractivity (Wildman–Crippen MR) is 83.1 cm³/mol. The van der Waals surface area contributed by atoms with E-state index in [2.05, 4.69) is 15.4 Å². The highest BCUT2D eigenvalue weighted by atomic mass is 19.1. The number of amides is 1. The summed E-state index contributed by atoms with van der Waals surface area (Å²) in [5.74, 6) is -0.942. The van der Waals surface area contributed by atoms with Gasteiger partial charge in [-0.2, -0.15) is 5.10 Å². The van der Waals surface area contributed by atoms with E-state index in [-0.39, 0.29) is 5.56 Å². The van der Waals surface area contributed by atoms with Crippen molar-refractivity contribution in [3.8, 4) is 0 Å². The first-order valence-electron chi connectivity index (χ1n) is 7.15. The molecule has 0 radical (unpaired) electrons. The second-order valence-electron chi connectivity index (χ2n) is 5.07. The van der Waals surface area contributed by atoms with Crippen LogP contribution in [-0.2, 0) is 13.1 Å².